The van der Waals surface area contributed by atoms with Crippen LogP contribution in [0, 0.1) is 17.0 Å². The molecule has 140 valence electrons. The summed E-state index contributed by atoms with van der Waals surface area (Å²) >= 11 is 0. The highest BCUT2D eigenvalue weighted by Crippen LogP contribution is 2.37. The number of nitro groups is 1. The summed E-state index contributed by atoms with van der Waals surface area (Å²) in [6, 6.07) is 29.9. The maximum atomic E-state index is 11.3. The van der Waals surface area contributed by atoms with Crippen LogP contribution in [0.1, 0.15) is 5.56 Å². The van der Waals surface area contributed by atoms with Gasteiger partial charge in [0.2, 0.25) is 0 Å². The first-order chi connectivity index (χ1) is 14.1. The van der Waals surface area contributed by atoms with Gasteiger partial charge in [-0.2, -0.15) is 0 Å². The predicted molar refractivity (Wildman–Crippen MR) is 118 cm³/mol. The maximum Gasteiger partial charge on any atom is 0.270 e. The standard InChI is InChI=1S/C25H18N2O2/c1-17-10-12-18(13-11-17)20-6-2-4-8-23(20)26-24-9-5-3-7-21(24)22-16-19(27(28)29)14-15-25(22)26/h2-16H,1H3. The molecular formula is C25H18N2O2. The topological polar surface area (TPSA) is 48.1 Å². The zero-order valence-electron chi connectivity index (χ0n) is 15.9. The third kappa shape index (κ3) is 2.77. The Balaban J connectivity index is 1.86. The molecule has 4 nitrogen and oxygen atoms in total. The van der Waals surface area contributed by atoms with Gasteiger partial charge >= 0.3 is 0 Å². The number of nitrogens with zero attached hydrogens (tertiary/aromatic N) is 2. The van der Waals surface area contributed by atoms with Crippen molar-refractivity contribution < 1.29 is 4.92 Å². The van der Waals surface area contributed by atoms with Gasteiger partial charge in [-0.25, -0.2) is 0 Å². The summed E-state index contributed by atoms with van der Waals surface area (Å²) in [5.74, 6) is 0. The maximum absolute atomic E-state index is 11.3. The molecule has 0 saturated carbocycles. The summed E-state index contributed by atoms with van der Waals surface area (Å²) in [5, 5.41) is 13.2. The van der Waals surface area contributed by atoms with Crippen molar-refractivity contribution in [1.29, 1.82) is 0 Å². The van der Waals surface area contributed by atoms with Crippen LogP contribution in [0.3, 0.4) is 0 Å². The first-order valence-corrected chi connectivity index (χ1v) is 9.47. The molecule has 4 heteroatoms. The zero-order valence-corrected chi connectivity index (χ0v) is 15.9. The molecule has 0 radical (unpaired) electrons. The summed E-state index contributed by atoms with van der Waals surface area (Å²) in [4.78, 5) is 11.0. The van der Waals surface area contributed by atoms with Crippen molar-refractivity contribution in [2.75, 3.05) is 0 Å². The Labute approximate surface area is 167 Å². The van der Waals surface area contributed by atoms with Gasteiger partial charge in [0.15, 0.2) is 0 Å². The number of aromatic nitrogens is 1. The van der Waals surface area contributed by atoms with E-state index in [4.69, 9.17) is 0 Å². The predicted octanol–water partition coefficient (Wildman–Crippen LogP) is 6.67. The van der Waals surface area contributed by atoms with Gasteiger partial charge in [-0.15, -0.1) is 0 Å². The summed E-state index contributed by atoms with van der Waals surface area (Å²) in [6.45, 7) is 2.08. The first kappa shape index (κ1) is 17.2. The van der Waals surface area contributed by atoms with Gasteiger partial charge in [0.25, 0.3) is 5.69 Å². The monoisotopic (exact) mass is 378 g/mol. The van der Waals surface area contributed by atoms with E-state index in [0.29, 0.717) is 0 Å². The molecule has 5 rings (SSSR count). The highest BCUT2D eigenvalue weighted by molar-refractivity contribution is 6.10. The van der Waals surface area contributed by atoms with Crippen LogP contribution in [0.5, 0.6) is 0 Å². The molecule has 1 heterocycles. The van der Waals surface area contributed by atoms with Crippen molar-refractivity contribution in [3.8, 4) is 16.8 Å². The van der Waals surface area contributed by atoms with E-state index < -0.39 is 0 Å². The SMILES string of the molecule is Cc1ccc(-c2ccccc2-n2c3ccccc3c3cc([N+](=O)[O-])ccc32)cc1. The molecule has 0 aliphatic rings. The van der Waals surface area contributed by atoms with Gasteiger partial charge < -0.3 is 4.57 Å². The number of hydrogen-bond acceptors (Lipinski definition) is 2. The molecule has 4 aromatic carbocycles. The second kappa shape index (κ2) is 6.60. The number of rotatable bonds is 3. The molecule has 0 saturated heterocycles. The van der Waals surface area contributed by atoms with Gasteiger partial charge in [-0.3, -0.25) is 10.1 Å². The highest BCUT2D eigenvalue weighted by atomic mass is 16.6. The van der Waals surface area contributed by atoms with E-state index in [1.54, 1.807) is 12.1 Å². The fraction of sp³-hybridized carbons (Fsp3) is 0.0400. The van der Waals surface area contributed by atoms with E-state index in [9.17, 15) is 10.1 Å². The summed E-state index contributed by atoms with van der Waals surface area (Å²) in [6.07, 6.45) is 0. The van der Waals surface area contributed by atoms with Crippen molar-refractivity contribution in [3.63, 3.8) is 0 Å². The van der Waals surface area contributed by atoms with E-state index in [2.05, 4.69) is 54.0 Å². The van der Waals surface area contributed by atoms with Crippen LogP contribution in [0.2, 0.25) is 0 Å². The molecule has 29 heavy (non-hydrogen) atoms. The first-order valence-electron chi connectivity index (χ1n) is 9.47. The van der Waals surface area contributed by atoms with Crippen molar-refractivity contribution in [3.05, 3.63) is 107 Å². The number of aryl methyl sites for hydroxylation is 1. The zero-order chi connectivity index (χ0) is 20.0. The summed E-state index contributed by atoms with van der Waals surface area (Å²) < 4.78 is 2.20. The van der Waals surface area contributed by atoms with Crippen LogP contribution < -0.4 is 0 Å². The van der Waals surface area contributed by atoms with Crippen molar-refractivity contribution in [2.24, 2.45) is 0 Å². The number of para-hydroxylation sites is 2. The smallest absolute Gasteiger partial charge is 0.270 e. The van der Waals surface area contributed by atoms with Crippen LogP contribution >= 0.6 is 0 Å². The lowest BCUT2D eigenvalue weighted by molar-refractivity contribution is -0.384. The Morgan fingerprint density at radius 1 is 0.759 bits per heavy atom. The molecule has 0 aliphatic carbocycles. The number of hydrogen-bond donors (Lipinski definition) is 0. The quantitative estimate of drug-likeness (QED) is 0.260. The number of nitro benzene ring substituents is 1. The normalized spacial score (nSPS) is 11.2. The molecule has 0 bridgehead atoms. The van der Waals surface area contributed by atoms with Gasteiger partial charge in [-0.05, 0) is 30.7 Å². The Morgan fingerprint density at radius 2 is 1.45 bits per heavy atom. The lowest BCUT2D eigenvalue weighted by Gasteiger charge is -2.14. The molecule has 1 aromatic heterocycles. The Hall–Kier alpha value is -3.92. The minimum absolute atomic E-state index is 0.104. The molecular weight excluding hydrogens is 360 g/mol. The minimum atomic E-state index is -0.341. The third-order valence-electron chi connectivity index (χ3n) is 5.37. The van der Waals surface area contributed by atoms with Gasteiger partial charge in [-0.1, -0.05) is 66.2 Å². The Kier molecular flexibility index (Phi) is 3.91. The van der Waals surface area contributed by atoms with Gasteiger partial charge in [0.1, 0.15) is 0 Å². The van der Waals surface area contributed by atoms with Crippen LogP contribution in [-0.2, 0) is 0 Å². The Bertz CT molecular complexity index is 1380. The molecule has 5 aromatic rings. The van der Waals surface area contributed by atoms with Crippen molar-refractivity contribution in [2.45, 2.75) is 6.92 Å². The lowest BCUT2D eigenvalue weighted by Crippen LogP contribution is -1.97. The molecule has 0 N–H and O–H groups in total. The van der Waals surface area contributed by atoms with Crippen LogP contribution in [-0.4, -0.2) is 9.49 Å². The molecule has 0 unspecified atom stereocenters. The highest BCUT2D eigenvalue weighted by Gasteiger charge is 2.17. The fourth-order valence-electron chi connectivity index (χ4n) is 3.98. The van der Waals surface area contributed by atoms with E-state index >= 15 is 0 Å². The van der Waals surface area contributed by atoms with Crippen LogP contribution in [0.25, 0.3) is 38.6 Å². The second-order valence-electron chi connectivity index (χ2n) is 7.19. The number of benzene rings is 4. The number of non-ortho nitro benzene ring substituents is 1. The van der Waals surface area contributed by atoms with E-state index in [-0.39, 0.29) is 10.6 Å². The Morgan fingerprint density at radius 3 is 2.24 bits per heavy atom. The number of fused-ring (bicyclic) bond motifs is 3. The summed E-state index contributed by atoms with van der Waals surface area (Å²) in [5.41, 5.74) is 6.62. The largest absolute Gasteiger partial charge is 0.309 e. The average Bonchev–Trinajstić information content (AvgIpc) is 3.08. The average molecular weight is 378 g/mol. The fourth-order valence-corrected chi connectivity index (χ4v) is 3.98. The van der Waals surface area contributed by atoms with Crippen molar-refractivity contribution >= 4 is 27.5 Å². The lowest BCUT2D eigenvalue weighted by atomic mass is 10.0. The second-order valence-corrected chi connectivity index (χ2v) is 7.19. The van der Waals surface area contributed by atoms with Gasteiger partial charge in [0.05, 0.1) is 21.6 Å². The molecule has 0 aliphatic heterocycles. The molecule has 0 spiro atoms. The van der Waals surface area contributed by atoms with Crippen LogP contribution in [0.15, 0.2) is 91.0 Å². The third-order valence-corrected chi connectivity index (χ3v) is 5.37. The summed E-state index contributed by atoms with van der Waals surface area (Å²) in [7, 11) is 0. The van der Waals surface area contributed by atoms with Gasteiger partial charge in [0, 0.05) is 28.5 Å². The van der Waals surface area contributed by atoms with Crippen LogP contribution in [0.4, 0.5) is 5.69 Å². The van der Waals surface area contributed by atoms with Crippen molar-refractivity contribution in [1.82, 2.24) is 4.57 Å². The molecule has 0 fully saturated rings. The minimum Gasteiger partial charge on any atom is -0.309 e. The van der Waals surface area contributed by atoms with E-state index in [1.165, 1.54) is 5.56 Å². The van der Waals surface area contributed by atoms with E-state index in [0.717, 1.165) is 38.6 Å². The van der Waals surface area contributed by atoms with E-state index in [1.807, 2.05) is 36.4 Å². The molecule has 0 atom stereocenters. The molecule has 0 amide bonds.